The van der Waals surface area contributed by atoms with E-state index in [1.165, 1.54) is 18.4 Å². The number of fused-ring (bicyclic) bond motifs is 1. The summed E-state index contributed by atoms with van der Waals surface area (Å²) < 4.78 is 11.5. The smallest absolute Gasteiger partial charge is 0.134 e. The Morgan fingerprint density at radius 3 is 2.95 bits per heavy atom. The van der Waals surface area contributed by atoms with Gasteiger partial charge in [0.25, 0.3) is 0 Å². The van der Waals surface area contributed by atoms with Gasteiger partial charge >= 0.3 is 0 Å². The van der Waals surface area contributed by atoms with Gasteiger partial charge in [-0.2, -0.15) is 0 Å². The van der Waals surface area contributed by atoms with Crippen LogP contribution in [0.4, 0.5) is 0 Å². The standard InChI is InChI=1S/C17H24N2O2/c1-19(11-13-6-4-5-9-20-13)16(10-18)15-12-21-17-8-3-2-7-14(15)17/h2-3,7-8,12-13,16H,4-6,9-11,18H2,1H3. The monoisotopic (exact) mass is 288 g/mol. The Balaban J connectivity index is 1.77. The summed E-state index contributed by atoms with van der Waals surface area (Å²) in [6.07, 6.45) is 5.78. The Kier molecular flexibility index (Phi) is 4.58. The molecule has 1 aliphatic heterocycles. The molecule has 1 aromatic carbocycles. The zero-order valence-electron chi connectivity index (χ0n) is 12.6. The number of hydrogen-bond acceptors (Lipinski definition) is 4. The maximum atomic E-state index is 6.04. The van der Waals surface area contributed by atoms with Crippen molar-refractivity contribution < 1.29 is 9.15 Å². The van der Waals surface area contributed by atoms with Gasteiger partial charge in [0.2, 0.25) is 0 Å². The minimum atomic E-state index is 0.166. The summed E-state index contributed by atoms with van der Waals surface area (Å²) in [6.45, 7) is 2.38. The first-order valence-electron chi connectivity index (χ1n) is 7.77. The lowest BCUT2D eigenvalue weighted by Crippen LogP contribution is -2.38. The molecule has 4 nitrogen and oxygen atoms in total. The number of rotatable bonds is 5. The molecule has 0 spiro atoms. The molecule has 114 valence electrons. The van der Waals surface area contributed by atoms with Crippen LogP contribution in [-0.4, -0.2) is 37.7 Å². The molecule has 0 amide bonds. The van der Waals surface area contributed by atoms with Crippen LogP contribution >= 0.6 is 0 Å². The van der Waals surface area contributed by atoms with Gasteiger partial charge in [0.15, 0.2) is 0 Å². The fourth-order valence-corrected chi connectivity index (χ4v) is 3.20. The molecular formula is C17H24N2O2. The van der Waals surface area contributed by atoms with Crippen LogP contribution in [0.1, 0.15) is 30.9 Å². The van der Waals surface area contributed by atoms with E-state index in [9.17, 15) is 0 Å². The highest BCUT2D eigenvalue weighted by atomic mass is 16.5. The van der Waals surface area contributed by atoms with Gasteiger partial charge in [-0.3, -0.25) is 4.90 Å². The van der Waals surface area contributed by atoms with Gasteiger partial charge in [0.05, 0.1) is 18.4 Å². The number of nitrogens with two attached hydrogens (primary N) is 1. The Bertz CT molecular complexity index is 575. The first kappa shape index (κ1) is 14.6. The van der Waals surface area contributed by atoms with Gasteiger partial charge in [0.1, 0.15) is 5.58 Å². The van der Waals surface area contributed by atoms with E-state index in [1.807, 2.05) is 24.5 Å². The van der Waals surface area contributed by atoms with Crippen LogP contribution in [0.2, 0.25) is 0 Å². The van der Waals surface area contributed by atoms with Gasteiger partial charge < -0.3 is 14.9 Å². The number of furan rings is 1. The van der Waals surface area contributed by atoms with Crippen molar-refractivity contribution in [3.63, 3.8) is 0 Å². The highest BCUT2D eigenvalue weighted by molar-refractivity contribution is 5.81. The topological polar surface area (TPSA) is 51.6 Å². The van der Waals surface area contributed by atoms with Crippen LogP contribution in [0.5, 0.6) is 0 Å². The fraction of sp³-hybridized carbons (Fsp3) is 0.529. The molecule has 2 heterocycles. The number of hydrogen-bond donors (Lipinski definition) is 1. The molecule has 2 atom stereocenters. The predicted octanol–water partition coefficient (Wildman–Crippen LogP) is 2.93. The zero-order valence-corrected chi connectivity index (χ0v) is 12.6. The number of likely N-dealkylation sites (N-methyl/N-ethyl adjacent to an activating group) is 1. The van der Waals surface area contributed by atoms with E-state index in [-0.39, 0.29) is 6.04 Å². The number of nitrogens with zero attached hydrogens (tertiary/aromatic N) is 1. The van der Waals surface area contributed by atoms with Crippen LogP contribution in [0.25, 0.3) is 11.0 Å². The maximum absolute atomic E-state index is 6.04. The van der Waals surface area contributed by atoms with Crippen molar-refractivity contribution in [3.05, 3.63) is 36.1 Å². The van der Waals surface area contributed by atoms with Crippen molar-refractivity contribution in [3.8, 4) is 0 Å². The first-order chi connectivity index (χ1) is 10.3. The second-order valence-electron chi connectivity index (χ2n) is 5.87. The number of ether oxygens (including phenoxy) is 1. The molecule has 1 fully saturated rings. The van der Waals surface area contributed by atoms with E-state index >= 15 is 0 Å². The molecule has 0 radical (unpaired) electrons. The molecule has 1 aromatic heterocycles. The third-order valence-corrected chi connectivity index (χ3v) is 4.39. The van der Waals surface area contributed by atoms with Gasteiger partial charge in [-0.1, -0.05) is 18.2 Å². The van der Waals surface area contributed by atoms with E-state index in [1.54, 1.807) is 0 Å². The van der Waals surface area contributed by atoms with Crippen LogP contribution in [0, 0.1) is 0 Å². The van der Waals surface area contributed by atoms with Gasteiger partial charge in [-0.15, -0.1) is 0 Å². The number of benzene rings is 1. The van der Waals surface area contributed by atoms with Crippen molar-refractivity contribution in [2.24, 2.45) is 5.73 Å². The van der Waals surface area contributed by atoms with E-state index in [4.69, 9.17) is 14.9 Å². The lowest BCUT2D eigenvalue weighted by molar-refractivity contribution is -0.00773. The average Bonchev–Trinajstić information content (AvgIpc) is 2.93. The molecular weight excluding hydrogens is 264 g/mol. The number of para-hydroxylation sites is 1. The van der Waals surface area contributed by atoms with Crippen LogP contribution in [0.15, 0.2) is 34.9 Å². The molecule has 21 heavy (non-hydrogen) atoms. The Labute approximate surface area is 125 Å². The molecule has 0 aliphatic carbocycles. The summed E-state index contributed by atoms with van der Waals surface area (Å²) in [7, 11) is 2.12. The normalized spacial score (nSPS) is 21.0. The average molecular weight is 288 g/mol. The second kappa shape index (κ2) is 6.60. The molecule has 0 bridgehead atoms. The molecule has 4 heteroatoms. The lowest BCUT2D eigenvalue weighted by Gasteiger charge is -2.32. The van der Waals surface area contributed by atoms with Crippen molar-refractivity contribution in [2.75, 3.05) is 26.7 Å². The molecule has 3 rings (SSSR count). The van der Waals surface area contributed by atoms with Gasteiger partial charge in [-0.25, -0.2) is 0 Å². The Morgan fingerprint density at radius 1 is 1.33 bits per heavy atom. The third kappa shape index (κ3) is 3.12. The largest absolute Gasteiger partial charge is 0.464 e. The van der Waals surface area contributed by atoms with Crippen molar-refractivity contribution in [1.82, 2.24) is 4.90 Å². The summed E-state index contributed by atoms with van der Waals surface area (Å²) in [4.78, 5) is 2.30. The Morgan fingerprint density at radius 2 is 2.19 bits per heavy atom. The summed E-state index contributed by atoms with van der Waals surface area (Å²) >= 11 is 0. The molecule has 0 saturated carbocycles. The second-order valence-corrected chi connectivity index (χ2v) is 5.87. The van der Waals surface area contributed by atoms with Crippen LogP contribution in [0.3, 0.4) is 0 Å². The quantitative estimate of drug-likeness (QED) is 0.919. The van der Waals surface area contributed by atoms with Crippen molar-refractivity contribution in [1.29, 1.82) is 0 Å². The SMILES string of the molecule is CN(CC1CCCCO1)C(CN)c1coc2ccccc12. The molecule has 2 aromatic rings. The summed E-state index contributed by atoms with van der Waals surface area (Å²) in [5, 5.41) is 1.16. The molecule has 1 saturated heterocycles. The van der Waals surface area contributed by atoms with Crippen LogP contribution in [-0.2, 0) is 4.74 Å². The molecule has 2 unspecified atom stereocenters. The minimum absolute atomic E-state index is 0.166. The van der Waals surface area contributed by atoms with Crippen molar-refractivity contribution in [2.45, 2.75) is 31.4 Å². The van der Waals surface area contributed by atoms with Gasteiger partial charge in [-0.05, 0) is 32.4 Å². The van der Waals surface area contributed by atoms with Crippen molar-refractivity contribution >= 4 is 11.0 Å². The first-order valence-corrected chi connectivity index (χ1v) is 7.77. The summed E-state index contributed by atoms with van der Waals surface area (Å²) in [5.74, 6) is 0. The molecule has 2 N–H and O–H groups in total. The maximum Gasteiger partial charge on any atom is 0.134 e. The summed E-state index contributed by atoms with van der Waals surface area (Å²) in [6, 6.07) is 8.30. The van der Waals surface area contributed by atoms with E-state index in [2.05, 4.69) is 18.0 Å². The lowest BCUT2D eigenvalue weighted by atomic mass is 10.0. The van der Waals surface area contributed by atoms with E-state index in [0.29, 0.717) is 12.6 Å². The zero-order chi connectivity index (χ0) is 14.7. The highest BCUT2D eigenvalue weighted by Gasteiger charge is 2.23. The predicted molar refractivity (Wildman–Crippen MR) is 84.2 cm³/mol. The van der Waals surface area contributed by atoms with Gasteiger partial charge in [0, 0.05) is 30.6 Å². The summed E-state index contributed by atoms with van der Waals surface area (Å²) in [5.41, 5.74) is 8.13. The van der Waals surface area contributed by atoms with E-state index in [0.717, 1.165) is 30.5 Å². The third-order valence-electron chi connectivity index (χ3n) is 4.39. The fourth-order valence-electron chi connectivity index (χ4n) is 3.20. The Hall–Kier alpha value is -1.36. The van der Waals surface area contributed by atoms with E-state index < -0.39 is 0 Å². The highest BCUT2D eigenvalue weighted by Crippen LogP contribution is 2.29. The van der Waals surface area contributed by atoms with Crippen LogP contribution < -0.4 is 5.73 Å². The molecule has 1 aliphatic rings. The minimum Gasteiger partial charge on any atom is -0.464 e.